The standard InChI is InChI=1S/C16H15NO.C9H6ClN.C2H6/c1-12-5-7-13(8-6-12)9-10-16(18)14-3-2-4-15(17)11-14;10-8-4-3-7-2-1-5-11-9(7)6-8;1-2/h2-11H,17H2,1H3;1-6H;1-2H3/b10-9+;;. The van der Waals surface area contributed by atoms with Crippen LogP contribution in [0.25, 0.3) is 17.0 Å². The van der Waals surface area contributed by atoms with Crippen LogP contribution in [0.4, 0.5) is 5.69 Å². The molecule has 1 aromatic heterocycles. The number of carbonyl (C=O) groups excluding carboxylic acids is 1. The van der Waals surface area contributed by atoms with Gasteiger partial charge in [0.15, 0.2) is 5.78 Å². The molecule has 0 saturated heterocycles. The van der Waals surface area contributed by atoms with Crippen molar-refractivity contribution in [2.45, 2.75) is 20.8 Å². The molecule has 0 aliphatic rings. The smallest absolute Gasteiger partial charge is 0.185 e. The number of hydrogen-bond acceptors (Lipinski definition) is 3. The van der Waals surface area contributed by atoms with Crippen LogP contribution < -0.4 is 5.73 Å². The molecule has 1 heterocycles. The maximum absolute atomic E-state index is 11.9. The number of benzene rings is 3. The molecule has 0 aliphatic carbocycles. The third-order valence-corrected chi connectivity index (χ3v) is 4.48. The first-order chi connectivity index (χ1) is 15.0. The fraction of sp³-hybridized carbons (Fsp3) is 0.111. The average Bonchev–Trinajstić information content (AvgIpc) is 2.80. The fourth-order valence-corrected chi connectivity index (χ4v) is 2.84. The zero-order chi connectivity index (χ0) is 22.6. The normalized spacial score (nSPS) is 10.1. The second-order valence-electron chi connectivity index (χ2n) is 6.57. The monoisotopic (exact) mass is 430 g/mol. The summed E-state index contributed by atoms with van der Waals surface area (Å²) in [4.78, 5) is 16.1. The first-order valence-electron chi connectivity index (χ1n) is 10.2. The number of anilines is 1. The van der Waals surface area contributed by atoms with Crippen LogP contribution in [0.1, 0.15) is 35.3 Å². The number of hydrogen-bond donors (Lipinski definition) is 1. The van der Waals surface area contributed by atoms with E-state index in [0.29, 0.717) is 11.3 Å². The van der Waals surface area contributed by atoms with Gasteiger partial charge >= 0.3 is 0 Å². The van der Waals surface area contributed by atoms with Gasteiger partial charge in [-0.05, 0) is 48.9 Å². The number of pyridine rings is 1. The number of nitrogens with zero attached hydrogens (tertiary/aromatic N) is 1. The highest BCUT2D eigenvalue weighted by Crippen LogP contribution is 2.16. The number of rotatable bonds is 3. The first-order valence-corrected chi connectivity index (χ1v) is 10.5. The van der Waals surface area contributed by atoms with Gasteiger partial charge in [-0.15, -0.1) is 0 Å². The van der Waals surface area contributed by atoms with Crippen molar-refractivity contribution in [1.29, 1.82) is 0 Å². The van der Waals surface area contributed by atoms with Crippen molar-refractivity contribution < 1.29 is 4.79 Å². The Balaban J connectivity index is 0.000000224. The van der Waals surface area contributed by atoms with Gasteiger partial charge in [-0.25, -0.2) is 0 Å². The molecule has 0 saturated carbocycles. The van der Waals surface area contributed by atoms with Crippen molar-refractivity contribution in [3.05, 3.63) is 113 Å². The topological polar surface area (TPSA) is 56.0 Å². The van der Waals surface area contributed by atoms with Crippen molar-refractivity contribution >= 4 is 40.1 Å². The lowest BCUT2D eigenvalue weighted by molar-refractivity contribution is 0.104. The zero-order valence-electron chi connectivity index (χ0n) is 18.0. The molecule has 4 heteroatoms. The third-order valence-electron chi connectivity index (χ3n) is 4.24. The maximum atomic E-state index is 11.9. The molecule has 3 aromatic carbocycles. The van der Waals surface area contributed by atoms with Gasteiger partial charge in [0.1, 0.15) is 0 Å². The lowest BCUT2D eigenvalue weighted by Gasteiger charge is -1.98. The number of ketones is 1. The molecule has 4 rings (SSSR count). The van der Waals surface area contributed by atoms with Crippen LogP contribution in [0, 0.1) is 6.92 Å². The molecule has 0 bridgehead atoms. The summed E-state index contributed by atoms with van der Waals surface area (Å²) in [6, 6.07) is 24.6. The van der Waals surface area contributed by atoms with E-state index in [4.69, 9.17) is 17.3 Å². The highest BCUT2D eigenvalue weighted by molar-refractivity contribution is 6.31. The van der Waals surface area contributed by atoms with E-state index in [1.54, 1.807) is 36.5 Å². The Bertz CT molecular complexity index is 1150. The minimum atomic E-state index is -0.0390. The van der Waals surface area contributed by atoms with Crippen molar-refractivity contribution in [3.63, 3.8) is 0 Å². The highest BCUT2D eigenvalue weighted by atomic mass is 35.5. The molecular formula is C27H27ClN2O. The van der Waals surface area contributed by atoms with Gasteiger partial charge in [-0.1, -0.05) is 85.6 Å². The minimum absolute atomic E-state index is 0.0390. The van der Waals surface area contributed by atoms with Crippen molar-refractivity contribution in [2.75, 3.05) is 5.73 Å². The molecule has 0 aliphatic heterocycles. The van der Waals surface area contributed by atoms with Gasteiger partial charge in [-0.2, -0.15) is 0 Å². The molecule has 0 unspecified atom stereocenters. The van der Waals surface area contributed by atoms with Crippen molar-refractivity contribution in [2.24, 2.45) is 0 Å². The Hall–Kier alpha value is -3.43. The van der Waals surface area contributed by atoms with Gasteiger partial charge in [0.25, 0.3) is 0 Å². The molecule has 2 N–H and O–H groups in total. The van der Waals surface area contributed by atoms with Crippen LogP contribution in [0.3, 0.4) is 0 Å². The SMILES string of the molecule is CC.Cc1ccc(/C=C/C(=O)c2cccc(N)c2)cc1.Clc1ccc2cccnc2c1. The van der Waals surface area contributed by atoms with Gasteiger partial charge in [0, 0.05) is 27.9 Å². The number of aryl methyl sites for hydroxylation is 1. The quantitative estimate of drug-likeness (QED) is 0.209. The van der Waals surface area contributed by atoms with E-state index in [-0.39, 0.29) is 5.78 Å². The number of aromatic nitrogens is 1. The highest BCUT2D eigenvalue weighted by Gasteiger charge is 2.01. The van der Waals surface area contributed by atoms with Crippen LogP contribution in [-0.4, -0.2) is 10.8 Å². The first kappa shape index (κ1) is 23.8. The molecular weight excluding hydrogens is 404 g/mol. The van der Waals surface area contributed by atoms with E-state index in [1.807, 2.05) is 81.4 Å². The van der Waals surface area contributed by atoms with E-state index in [2.05, 4.69) is 4.98 Å². The second-order valence-corrected chi connectivity index (χ2v) is 7.01. The summed E-state index contributed by atoms with van der Waals surface area (Å²) in [6.07, 6.45) is 5.14. The number of carbonyl (C=O) groups is 1. The number of nitrogens with two attached hydrogens (primary N) is 1. The average molecular weight is 431 g/mol. The third kappa shape index (κ3) is 7.72. The number of allylic oxidation sites excluding steroid dienone is 1. The summed E-state index contributed by atoms with van der Waals surface area (Å²) in [7, 11) is 0. The minimum Gasteiger partial charge on any atom is -0.399 e. The summed E-state index contributed by atoms with van der Waals surface area (Å²) >= 11 is 5.78. The number of nitrogen functional groups attached to an aromatic ring is 1. The van der Waals surface area contributed by atoms with E-state index in [0.717, 1.165) is 21.5 Å². The molecule has 3 nitrogen and oxygen atoms in total. The number of halogens is 1. The molecule has 31 heavy (non-hydrogen) atoms. The molecule has 0 amide bonds. The Morgan fingerprint density at radius 3 is 2.39 bits per heavy atom. The van der Waals surface area contributed by atoms with Gasteiger partial charge < -0.3 is 5.73 Å². The van der Waals surface area contributed by atoms with E-state index in [9.17, 15) is 4.79 Å². The lowest BCUT2D eigenvalue weighted by atomic mass is 10.1. The largest absolute Gasteiger partial charge is 0.399 e. The predicted octanol–water partition coefficient (Wildman–Crippen LogP) is 7.39. The summed E-state index contributed by atoms with van der Waals surface area (Å²) < 4.78 is 0. The molecule has 4 aromatic rings. The Kier molecular flexibility index (Phi) is 9.47. The molecule has 0 spiro atoms. The van der Waals surface area contributed by atoms with Crippen LogP contribution in [0.15, 0.2) is 91.1 Å². The van der Waals surface area contributed by atoms with E-state index < -0.39 is 0 Å². The summed E-state index contributed by atoms with van der Waals surface area (Å²) in [5.74, 6) is -0.0390. The molecule has 158 valence electrons. The van der Waals surface area contributed by atoms with Crippen LogP contribution >= 0.6 is 11.6 Å². The van der Waals surface area contributed by atoms with Crippen LogP contribution in [0.5, 0.6) is 0 Å². The van der Waals surface area contributed by atoms with Crippen molar-refractivity contribution in [3.8, 4) is 0 Å². The van der Waals surface area contributed by atoms with Crippen LogP contribution in [-0.2, 0) is 0 Å². The van der Waals surface area contributed by atoms with Gasteiger partial charge in [-0.3, -0.25) is 9.78 Å². The van der Waals surface area contributed by atoms with E-state index >= 15 is 0 Å². The molecule has 0 radical (unpaired) electrons. The Morgan fingerprint density at radius 2 is 1.68 bits per heavy atom. The fourth-order valence-electron chi connectivity index (χ4n) is 2.68. The second kappa shape index (κ2) is 12.3. The summed E-state index contributed by atoms with van der Waals surface area (Å²) in [5, 5.41) is 1.85. The predicted molar refractivity (Wildman–Crippen MR) is 133 cm³/mol. The maximum Gasteiger partial charge on any atom is 0.185 e. The van der Waals surface area contributed by atoms with Gasteiger partial charge in [0.2, 0.25) is 0 Å². The van der Waals surface area contributed by atoms with Crippen molar-refractivity contribution in [1.82, 2.24) is 4.98 Å². The Labute approximate surface area is 189 Å². The summed E-state index contributed by atoms with van der Waals surface area (Å²) in [5.41, 5.74) is 10.0. The lowest BCUT2D eigenvalue weighted by Crippen LogP contribution is -1.95. The number of fused-ring (bicyclic) bond motifs is 1. The molecule has 0 fully saturated rings. The molecule has 0 atom stereocenters. The zero-order valence-corrected chi connectivity index (χ0v) is 18.8. The van der Waals surface area contributed by atoms with Gasteiger partial charge in [0.05, 0.1) is 5.52 Å². The van der Waals surface area contributed by atoms with E-state index in [1.165, 1.54) is 5.56 Å². The van der Waals surface area contributed by atoms with Crippen LogP contribution in [0.2, 0.25) is 5.02 Å². The Morgan fingerprint density at radius 1 is 0.935 bits per heavy atom. The summed E-state index contributed by atoms with van der Waals surface area (Å²) in [6.45, 7) is 6.03.